The second-order valence-corrected chi connectivity index (χ2v) is 4.67. The molecule has 6 heteroatoms. The van der Waals surface area contributed by atoms with Gasteiger partial charge < -0.3 is 20.2 Å². The van der Waals surface area contributed by atoms with E-state index in [9.17, 15) is 9.59 Å². The van der Waals surface area contributed by atoms with Crippen LogP contribution in [0.5, 0.6) is 0 Å². The van der Waals surface area contributed by atoms with E-state index in [2.05, 4.69) is 10.6 Å². The van der Waals surface area contributed by atoms with Gasteiger partial charge in [0, 0.05) is 13.6 Å². The Hall–Kier alpha value is -1.82. The summed E-state index contributed by atoms with van der Waals surface area (Å²) in [5, 5.41) is 14.4. The lowest BCUT2D eigenvalue weighted by atomic mass is 9.92. The van der Waals surface area contributed by atoms with Crippen molar-refractivity contribution in [1.82, 2.24) is 10.6 Å². The summed E-state index contributed by atoms with van der Waals surface area (Å²) < 4.78 is 5.08. The molecule has 1 rings (SSSR count). The molecule has 0 aromatic carbocycles. The molecule has 6 nitrogen and oxygen atoms in total. The molecule has 1 aromatic rings. The van der Waals surface area contributed by atoms with Gasteiger partial charge in [-0.05, 0) is 19.9 Å². The second kappa shape index (κ2) is 5.68. The maximum absolute atomic E-state index is 11.5. The van der Waals surface area contributed by atoms with Gasteiger partial charge in [-0.25, -0.2) is 4.79 Å². The molecule has 0 saturated carbocycles. The smallest absolute Gasteiger partial charge is 0.338 e. The van der Waals surface area contributed by atoms with Crippen molar-refractivity contribution in [2.75, 3.05) is 13.6 Å². The lowest BCUT2D eigenvalue weighted by molar-refractivity contribution is -0.128. The molecule has 0 radical (unpaired) electrons. The normalized spacial score (nSPS) is 11.3. The van der Waals surface area contributed by atoms with Crippen LogP contribution >= 0.6 is 0 Å². The number of amides is 1. The second-order valence-electron chi connectivity index (χ2n) is 4.67. The van der Waals surface area contributed by atoms with E-state index in [0.29, 0.717) is 18.8 Å². The highest BCUT2D eigenvalue weighted by Gasteiger charge is 2.25. The van der Waals surface area contributed by atoms with Gasteiger partial charge in [0.2, 0.25) is 5.91 Å². The van der Waals surface area contributed by atoms with Crippen LogP contribution in [0.25, 0.3) is 0 Å². The van der Waals surface area contributed by atoms with Gasteiger partial charge in [0.1, 0.15) is 12.0 Å². The summed E-state index contributed by atoms with van der Waals surface area (Å²) >= 11 is 0. The van der Waals surface area contributed by atoms with Gasteiger partial charge in [-0.1, -0.05) is 0 Å². The lowest BCUT2D eigenvalue weighted by Crippen LogP contribution is -2.41. The van der Waals surface area contributed by atoms with E-state index >= 15 is 0 Å². The predicted molar refractivity (Wildman–Crippen MR) is 65.2 cm³/mol. The third-order valence-electron chi connectivity index (χ3n) is 2.61. The van der Waals surface area contributed by atoms with Crippen molar-refractivity contribution in [3.05, 3.63) is 23.7 Å². The van der Waals surface area contributed by atoms with Crippen LogP contribution in [0.3, 0.4) is 0 Å². The van der Waals surface area contributed by atoms with Gasteiger partial charge >= 0.3 is 5.97 Å². The van der Waals surface area contributed by atoms with Crippen LogP contribution in [0, 0.1) is 5.41 Å². The lowest BCUT2D eigenvalue weighted by Gasteiger charge is -2.22. The average Bonchev–Trinajstić information content (AvgIpc) is 2.76. The zero-order valence-corrected chi connectivity index (χ0v) is 10.7. The molecule has 3 N–H and O–H groups in total. The molecule has 1 aromatic heterocycles. The fourth-order valence-corrected chi connectivity index (χ4v) is 1.50. The molecule has 0 saturated heterocycles. The minimum Gasteiger partial charge on any atom is -0.478 e. The molecule has 0 aliphatic carbocycles. The van der Waals surface area contributed by atoms with Crippen molar-refractivity contribution in [1.29, 1.82) is 0 Å². The Kier molecular flexibility index (Phi) is 4.49. The summed E-state index contributed by atoms with van der Waals surface area (Å²) in [6.07, 6.45) is 1.20. The summed E-state index contributed by atoms with van der Waals surface area (Å²) in [7, 11) is 1.59. The number of carboxylic acid groups (broad SMARTS) is 1. The van der Waals surface area contributed by atoms with Crippen molar-refractivity contribution < 1.29 is 19.1 Å². The number of hydrogen-bond donors (Lipinski definition) is 3. The molecular weight excluding hydrogens is 236 g/mol. The third kappa shape index (κ3) is 3.59. The first kappa shape index (κ1) is 14.2. The van der Waals surface area contributed by atoms with Crippen molar-refractivity contribution in [3.63, 3.8) is 0 Å². The SMILES string of the molecule is CNC(=O)C(C)(C)CNCc1cc(C(=O)O)co1. The number of aromatic carboxylic acids is 1. The highest BCUT2D eigenvalue weighted by Crippen LogP contribution is 2.14. The Morgan fingerprint density at radius 3 is 2.61 bits per heavy atom. The van der Waals surface area contributed by atoms with Crippen molar-refractivity contribution >= 4 is 11.9 Å². The van der Waals surface area contributed by atoms with E-state index in [1.54, 1.807) is 7.05 Å². The quantitative estimate of drug-likeness (QED) is 0.699. The average molecular weight is 254 g/mol. The number of carbonyl (C=O) groups excluding carboxylic acids is 1. The molecule has 1 amide bonds. The van der Waals surface area contributed by atoms with E-state index in [1.807, 2.05) is 13.8 Å². The number of rotatable bonds is 6. The summed E-state index contributed by atoms with van der Waals surface area (Å²) in [6, 6.07) is 1.46. The fourth-order valence-electron chi connectivity index (χ4n) is 1.50. The van der Waals surface area contributed by atoms with Gasteiger partial charge in [0.05, 0.1) is 17.5 Å². The minimum absolute atomic E-state index is 0.0549. The predicted octanol–water partition coefficient (Wildman–Crippen LogP) is 0.840. The van der Waals surface area contributed by atoms with Crippen LogP contribution < -0.4 is 10.6 Å². The number of nitrogens with one attached hydrogen (secondary N) is 2. The summed E-state index contributed by atoms with van der Waals surface area (Å²) in [4.78, 5) is 22.2. The standard InChI is InChI=1S/C12H18N2O4/c1-12(2,11(17)13-3)7-14-5-9-4-8(6-18-9)10(15)16/h4,6,14H,5,7H2,1-3H3,(H,13,17)(H,15,16). The van der Waals surface area contributed by atoms with E-state index < -0.39 is 11.4 Å². The van der Waals surface area contributed by atoms with Crippen molar-refractivity contribution in [3.8, 4) is 0 Å². The maximum Gasteiger partial charge on any atom is 0.338 e. The molecule has 0 aliphatic rings. The van der Waals surface area contributed by atoms with E-state index in [4.69, 9.17) is 9.52 Å². The Morgan fingerprint density at radius 2 is 2.11 bits per heavy atom. The number of hydrogen-bond acceptors (Lipinski definition) is 4. The molecule has 0 bridgehead atoms. The van der Waals surface area contributed by atoms with Crippen LogP contribution in [0.15, 0.2) is 16.7 Å². The molecule has 0 spiro atoms. The largest absolute Gasteiger partial charge is 0.478 e. The number of furan rings is 1. The van der Waals surface area contributed by atoms with Crippen LogP contribution in [-0.4, -0.2) is 30.6 Å². The molecular formula is C12H18N2O4. The zero-order chi connectivity index (χ0) is 13.8. The summed E-state index contributed by atoms with van der Waals surface area (Å²) in [5.74, 6) is -0.545. The molecule has 0 atom stereocenters. The highest BCUT2D eigenvalue weighted by molar-refractivity contribution is 5.87. The summed E-state index contributed by atoms with van der Waals surface area (Å²) in [5.41, 5.74) is -0.408. The van der Waals surface area contributed by atoms with E-state index in [0.717, 1.165) is 0 Å². The Bertz CT molecular complexity index is 437. The zero-order valence-electron chi connectivity index (χ0n) is 10.7. The highest BCUT2D eigenvalue weighted by atomic mass is 16.4. The first-order valence-corrected chi connectivity index (χ1v) is 5.60. The Morgan fingerprint density at radius 1 is 1.44 bits per heavy atom. The van der Waals surface area contributed by atoms with Crippen molar-refractivity contribution in [2.45, 2.75) is 20.4 Å². The van der Waals surface area contributed by atoms with Gasteiger partial charge in [-0.15, -0.1) is 0 Å². The first-order chi connectivity index (χ1) is 8.36. The van der Waals surface area contributed by atoms with Crippen molar-refractivity contribution in [2.24, 2.45) is 5.41 Å². The Labute approximate surface area is 105 Å². The molecule has 18 heavy (non-hydrogen) atoms. The van der Waals surface area contributed by atoms with Crippen LogP contribution in [0.4, 0.5) is 0 Å². The number of carbonyl (C=O) groups is 2. The van der Waals surface area contributed by atoms with E-state index in [1.165, 1.54) is 12.3 Å². The third-order valence-corrected chi connectivity index (χ3v) is 2.61. The van der Waals surface area contributed by atoms with E-state index in [-0.39, 0.29) is 11.5 Å². The molecule has 1 heterocycles. The first-order valence-electron chi connectivity index (χ1n) is 5.60. The Balaban J connectivity index is 2.46. The van der Waals surface area contributed by atoms with Crippen LogP contribution in [0.1, 0.15) is 30.0 Å². The van der Waals surface area contributed by atoms with Gasteiger partial charge in [0.15, 0.2) is 0 Å². The van der Waals surface area contributed by atoms with Gasteiger partial charge in [-0.2, -0.15) is 0 Å². The van der Waals surface area contributed by atoms with Gasteiger partial charge in [-0.3, -0.25) is 4.79 Å². The summed E-state index contributed by atoms with van der Waals surface area (Å²) in [6.45, 7) is 4.50. The maximum atomic E-state index is 11.5. The number of carboxylic acids is 1. The molecule has 0 unspecified atom stereocenters. The van der Waals surface area contributed by atoms with Crippen LogP contribution in [0.2, 0.25) is 0 Å². The molecule has 0 aliphatic heterocycles. The monoisotopic (exact) mass is 254 g/mol. The molecule has 100 valence electrons. The molecule has 0 fully saturated rings. The topological polar surface area (TPSA) is 91.6 Å². The van der Waals surface area contributed by atoms with Gasteiger partial charge in [0.25, 0.3) is 0 Å². The van der Waals surface area contributed by atoms with Crippen LogP contribution in [-0.2, 0) is 11.3 Å². The minimum atomic E-state index is -1.02. The fraction of sp³-hybridized carbons (Fsp3) is 0.500.